The molecule has 7 heteroatoms. The van der Waals surface area contributed by atoms with Gasteiger partial charge in [-0.05, 0) is 17.2 Å². The number of hydrogen-bond acceptors (Lipinski definition) is 4. The number of ether oxygens (including phenoxy) is 1. The van der Waals surface area contributed by atoms with Crippen molar-refractivity contribution in [3.05, 3.63) is 108 Å². The van der Waals surface area contributed by atoms with Crippen LogP contribution in [0, 0.1) is 0 Å². The van der Waals surface area contributed by atoms with Crippen LogP contribution in [0.2, 0.25) is 0 Å². The molecule has 7 nitrogen and oxygen atoms in total. The molecule has 5 rings (SSSR count). The Labute approximate surface area is 215 Å². The molecule has 188 valence electrons. The Morgan fingerprint density at radius 1 is 0.757 bits per heavy atom. The van der Waals surface area contributed by atoms with Crippen LogP contribution >= 0.6 is 0 Å². The molecule has 1 aliphatic heterocycles. The summed E-state index contributed by atoms with van der Waals surface area (Å²) >= 11 is 0. The van der Waals surface area contributed by atoms with Crippen molar-refractivity contribution in [1.29, 1.82) is 0 Å². The van der Waals surface area contributed by atoms with E-state index >= 15 is 0 Å². The van der Waals surface area contributed by atoms with Gasteiger partial charge in [-0.25, -0.2) is 0 Å². The summed E-state index contributed by atoms with van der Waals surface area (Å²) < 4.78 is 7.12. The van der Waals surface area contributed by atoms with Crippen LogP contribution in [0.4, 0.5) is 0 Å². The normalized spacial score (nSPS) is 13.5. The van der Waals surface area contributed by atoms with Gasteiger partial charge in [0.25, 0.3) is 11.7 Å². The van der Waals surface area contributed by atoms with Crippen LogP contribution in [-0.2, 0) is 34.0 Å². The van der Waals surface area contributed by atoms with Crippen molar-refractivity contribution >= 4 is 28.5 Å². The van der Waals surface area contributed by atoms with E-state index in [-0.39, 0.29) is 12.5 Å². The average Bonchev–Trinajstić information content (AvgIpc) is 3.31. The van der Waals surface area contributed by atoms with Crippen molar-refractivity contribution in [2.75, 3.05) is 26.3 Å². The second-order valence-corrected chi connectivity index (χ2v) is 9.14. The summed E-state index contributed by atoms with van der Waals surface area (Å²) in [5.74, 6) is -1.19. The smallest absolute Gasteiger partial charge is 0.295 e. The SMILES string of the molecule is O=C(C(=O)N(Cc1ccccc1)Cc1ccccc1)c1cn(CC(=O)N2CCOCC2)c2ccccc12. The number of benzene rings is 3. The number of nitrogens with zero attached hydrogens (tertiary/aromatic N) is 3. The Bertz CT molecular complexity index is 1350. The molecule has 2 amide bonds. The number of aromatic nitrogens is 1. The Hall–Kier alpha value is -4.23. The summed E-state index contributed by atoms with van der Waals surface area (Å²) in [6.45, 7) is 2.87. The average molecular weight is 496 g/mol. The van der Waals surface area contributed by atoms with Crippen molar-refractivity contribution in [2.45, 2.75) is 19.6 Å². The summed E-state index contributed by atoms with van der Waals surface area (Å²) in [5.41, 5.74) is 2.94. The highest BCUT2D eigenvalue weighted by Gasteiger charge is 2.27. The quantitative estimate of drug-likeness (QED) is 0.275. The highest BCUT2D eigenvalue weighted by atomic mass is 16.5. The monoisotopic (exact) mass is 495 g/mol. The fourth-order valence-corrected chi connectivity index (χ4v) is 4.68. The summed E-state index contributed by atoms with van der Waals surface area (Å²) in [7, 11) is 0. The number of carbonyl (C=O) groups is 3. The molecule has 0 aliphatic carbocycles. The van der Waals surface area contributed by atoms with Gasteiger partial charge in [-0.15, -0.1) is 0 Å². The lowest BCUT2D eigenvalue weighted by atomic mass is 10.1. The molecule has 1 saturated heterocycles. The number of fused-ring (bicyclic) bond motifs is 1. The van der Waals surface area contributed by atoms with E-state index in [1.165, 1.54) is 0 Å². The molecule has 0 unspecified atom stereocenters. The van der Waals surface area contributed by atoms with Crippen LogP contribution in [-0.4, -0.2) is 58.3 Å². The first-order chi connectivity index (χ1) is 18.1. The van der Waals surface area contributed by atoms with E-state index in [0.29, 0.717) is 50.3 Å². The molecule has 0 saturated carbocycles. The molecule has 0 atom stereocenters. The van der Waals surface area contributed by atoms with E-state index in [9.17, 15) is 14.4 Å². The minimum atomic E-state index is -0.583. The molecular weight excluding hydrogens is 466 g/mol. The zero-order valence-corrected chi connectivity index (χ0v) is 20.6. The first-order valence-electron chi connectivity index (χ1n) is 12.4. The molecule has 3 aromatic carbocycles. The van der Waals surface area contributed by atoms with Gasteiger partial charge < -0.3 is 19.1 Å². The maximum Gasteiger partial charge on any atom is 0.295 e. The molecule has 0 bridgehead atoms. The highest BCUT2D eigenvalue weighted by Crippen LogP contribution is 2.24. The van der Waals surface area contributed by atoms with Gasteiger partial charge in [0.1, 0.15) is 6.54 Å². The molecule has 4 aromatic rings. The van der Waals surface area contributed by atoms with E-state index < -0.39 is 11.7 Å². The molecule has 0 radical (unpaired) electrons. The van der Waals surface area contributed by atoms with Crippen molar-refractivity contribution < 1.29 is 19.1 Å². The van der Waals surface area contributed by atoms with E-state index in [0.717, 1.165) is 16.6 Å². The van der Waals surface area contributed by atoms with E-state index in [2.05, 4.69) is 0 Å². The summed E-state index contributed by atoms with van der Waals surface area (Å²) in [4.78, 5) is 43.6. The van der Waals surface area contributed by atoms with Gasteiger partial charge in [-0.2, -0.15) is 0 Å². The maximum absolute atomic E-state index is 13.7. The van der Waals surface area contributed by atoms with Crippen molar-refractivity contribution in [3.63, 3.8) is 0 Å². The molecule has 1 aromatic heterocycles. The lowest BCUT2D eigenvalue weighted by molar-refractivity contribution is -0.135. The Kier molecular flexibility index (Phi) is 7.42. The predicted molar refractivity (Wildman–Crippen MR) is 141 cm³/mol. The predicted octanol–water partition coefficient (Wildman–Crippen LogP) is 3.91. The maximum atomic E-state index is 13.7. The van der Waals surface area contributed by atoms with Crippen LogP contribution in [0.3, 0.4) is 0 Å². The van der Waals surface area contributed by atoms with E-state index in [1.807, 2.05) is 84.9 Å². The van der Waals surface area contributed by atoms with Crippen molar-refractivity contribution in [1.82, 2.24) is 14.4 Å². The third-order valence-electron chi connectivity index (χ3n) is 6.62. The van der Waals surface area contributed by atoms with Crippen molar-refractivity contribution in [2.24, 2.45) is 0 Å². The van der Waals surface area contributed by atoms with Gasteiger partial charge in [-0.1, -0.05) is 78.9 Å². The minimum Gasteiger partial charge on any atom is -0.378 e. The zero-order valence-electron chi connectivity index (χ0n) is 20.6. The van der Waals surface area contributed by atoms with E-state index in [1.54, 1.807) is 20.6 Å². The Morgan fingerprint density at radius 2 is 1.32 bits per heavy atom. The lowest BCUT2D eigenvalue weighted by Crippen LogP contribution is -2.42. The second-order valence-electron chi connectivity index (χ2n) is 9.14. The largest absolute Gasteiger partial charge is 0.378 e. The third-order valence-corrected chi connectivity index (χ3v) is 6.62. The standard InChI is InChI=1S/C30H29N3O4/c34-28(31-15-17-37-18-16-31)22-32-21-26(25-13-7-8-14-27(25)32)29(35)30(36)33(19-23-9-3-1-4-10-23)20-24-11-5-2-6-12-24/h1-14,21H,15-20,22H2. The molecule has 1 aliphatic rings. The van der Waals surface area contributed by atoms with Gasteiger partial charge >= 0.3 is 0 Å². The van der Waals surface area contributed by atoms with Crippen LogP contribution in [0.15, 0.2) is 91.1 Å². The van der Waals surface area contributed by atoms with Gasteiger partial charge in [0.15, 0.2) is 0 Å². The zero-order chi connectivity index (χ0) is 25.6. The molecule has 1 fully saturated rings. The number of rotatable bonds is 8. The highest BCUT2D eigenvalue weighted by molar-refractivity contribution is 6.44. The lowest BCUT2D eigenvalue weighted by Gasteiger charge is -2.27. The molecule has 37 heavy (non-hydrogen) atoms. The fourth-order valence-electron chi connectivity index (χ4n) is 4.68. The van der Waals surface area contributed by atoms with Gasteiger partial charge in [0, 0.05) is 43.3 Å². The van der Waals surface area contributed by atoms with Crippen LogP contribution < -0.4 is 0 Å². The number of morpholine rings is 1. The van der Waals surface area contributed by atoms with E-state index in [4.69, 9.17) is 4.74 Å². The Morgan fingerprint density at radius 3 is 1.95 bits per heavy atom. The van der Waals surface area contributed by atoms with Gasteiger partial charge in [0.2, 0.25) is 5.91 Å². The topological polar surface area (TPSA) is 71.9 Å². The fraction of sp³-hybridized carbons (Fsp3) is 0.233. The number of carbonyl (C=O) groups excluding carboxylic acids is 3. The summed E-state index contributed by atoms with van der Waals surface area (Å²) in [6, 6.07) is 26.7. The van der Waals surface area contributed by atoms with Crippen LogP contribution in [0.25, 0.3) is 10.9 Å². The van der Waals surface area contributed by atoms with Gasteiger partial charge in [-0.3, -0.25) is 14.4 Å². The molecular formula is C30H29N3O4. The molecule has 0 spiro atoms. The Balaban J connectivity index is 1.43. The number of ketones is 1. The first kappa shape index (κ1) is 24.5. The molecule has 2 heterocycles. The number of Topliss-reactive ketones (excluding diaryl/α,β-unsaturated/α-hetero) is 1. The third kappa shape index (κ3) is 5.62. The summed E-state index contributed by atoms with van der Waals surface area (Å²) in [6.07, 6.45) is 1.65. The minimum absolute atomic E-state index is 0.0378. The van der Waals surface area contributed by atoms with Crippen LogP contribution in [0.1, 0.15) is 21.5 Å². The van der Waals surface area contributed by atoms with Gasteiger partial charge in [0.05, 0.1) is 18.8 Å². The molecule has 0 N–H and O–H groups in total. The van der Waals surface area contributed by atoms with Crippen LogP contribution in [0.5, 0.6) is 0 Å². The number of hydrogen-bond donors (Lipinski definition) is 0. The van der Waals surface area contributed by atoms with Crippen molar-refractivity contribution in [3.8, 4) is 0 Å². The summed E-state index contributed by atoms with van der Waals surface area (Å²) in [5, 5.41) is 0.662. The number of para-hydroxylation sites is 1. The first-order valence-corrected chi connectivity index (χ1v) is 12.4. The number of amides is 2. The second kappa shape index (κ2) is 11.2.